The van der Waals surface area contributed by atoms with E-state index in [4.69, 9.17) is 0 Å². The van der Waals surface area contributed by atoms with Crippen molar-refractivity contribution in [2.45, 2.75) is 32.6 Å². The molecule has 0 heterocycles. The van der Waals surface area contributed by atoms with Crippen molar-refractivity contribution in [2.75, 3.05) is 0 Å². The Balaban J connectivity index is 1.70. The van der Waals surface area contributed by atoms with Crippen molar-refractivity contribution in [3.05, 3.63) is 82.8 Å². The van der Waals surface area contributed by atoms with Gasteiger partial charge in [-0.3, -0.25) is 0 Å². The molecule has 0 N–H and O–H groups in total. The quantitative estimate of drug-likeness (QED) is 0.242. The van der Waals surface area contributed by atoms with E-state index in [0.717, 1.165) is 30.5 Å². The van der Waals surface area contributed by atoms with E-state index in [1.54, 1.807) is 0 Å². The number of hydrogen-bond acceptors (Lipinski definition) is 2. The van der Waals surface area contributed by atoms with Crippen LogP contribution in [0.25, 0.3) is 0 Å². The van der Waals surface area contributed by atoms with Crippen LogP contribution in [-0.2, 0) is 0 Å². The SMILES string of the molecule is C/C=C/C1CC[C](c2ccc(C#Cc3cc(F)c(N=C=S)c(F)c3)cc2)CC1. The lowest BCUT2D eigenvalue weighted by Crippen LogP contribution is -2.12. The van der Waals surface area contributed by atoms with Gasteiger partial charge >= 0.3 is 0 Å². The highest BCUT2D eigenvalue weighted by molar-refractivity contribution is 7.78. The van der Waals surface area contributed by atoms with E-state index in [9.17, 15) is 8.78 Å². The largest absolute Gasteiger partial charge is 0.204 e. The summed E-state index contributed by atoms with van der Waals surface area (Å²) in [7, 11) is 0. The molecule has 0 spiro atoms. The predicted molar refractivity (Wildman–Crippen MR) is 113 cm³/mol. The molecule has 0 unspecified atom stereocenters. The highest BCUT2D eigenvalue weighted by Gasteiger charge is 2.21. The molecule has 0 saturated heterocycles. The van der Waals surface area contributed by atoms with Crippen LogP contribution in [0.5, 0.6) is 0 Å². The van der Waals surface area contributed by atoms with E-state index in [2.05, 4.69) is 60.3 Å². The fraction of sp³-hybridized carbons (Fsp3) is 0.250. The molecule has 1 fully saturated rings. The third-order valence-corrected chi connectivity index (χ3v) is 5.01. The second-order valence-electron chi connectivity index (χ2n) is 6.79. The van der Waals surface area contributed by atoms with Crippen LogP contribution in [0.3, 0.4) is 0 Å². The Morgan fingerprint density at radius 1 is 1.00 bits per heavy atom. The zero-order valence-electron chi connectivity index (χ0n) is 15.6. The molecule has 0 amide bonds. The van der Waals surface area contributed by atoms with Crippen molar-refractivity contribution in [1.82, 2.24) is 0 Å². The summed E-state index contributed by atoms with van der Waals surface area (Å²) in [6.45, 7) is 2.07. The van der Waals surface area contributed by atoms with Crippen molar-refractivity contribution in [1.29, 1.82) is 0 Å². The molecule has 1 radical (unpaired) electrons. The maximum absolute atomic E-state index is 13.9. The summed E-state index contributed by atoms with van der Waals surface area (Å²) in [4.78, 5) is 3.39. The minimum Gasteiger partial charge on any atom is -0.204 e. The van der Waals surface area contributed by atoms with E-state index >= 15 is 0 Å². The Morgan fingerprint density at radius 2 is 1.61 bits per heavy atom. The third kappa shape index (κ3) is 5.01. The van der Waals surface area contributed by atoms with Gasteiger partial charge in [-0.1, -0.05) is 36.1 Å². The van der Waals surface area contributed by atoms with Crippen molar-refractivity contribution in [3.8, 4) is 11.8 Å². The van der Waals surface area contributed by atoms with Crippen molar-refractivity contribution < 1.29 is 8.78 Å². The average Bonchev–Trinajstić information content (AvgIpc) is 2.70. The van der Waals surface area contributed by atoms with Gasteiger partial charge in [0.25, 0.3) is 0 Å². The smallest absolute Gasteiger partial charge is 0.153 e. The van der Waals surface area contributed by atoms with Crippen LogP contribution in [0.15, 0.2) is 53.5 Å². The lowest BCUT2D eigenvalue weighted by atomic mass is 9.78. The van der Waals surface area contributed by atoms with Crippen LogP contribution in [0.4, 0.5) is 14.5 Å². The van der Waals surface area contributed by atoms with Gasteiger partial charge in [-0.05, 0) is 80.6 Å². The Kier molecular flexibility index (Phi) is 6.87. The highest BCUT2D eigenvalue weighted by atomic mass is 32.1. The first kappa shape index (κ1) is 20.1. The highest BCUT2D eigenvalue weighted by Crippen LogP contribution is 2.35. The topological polar surface area (TPSA) is 12.4 Å². The van der Waals surface area contributed by atoms with E-state index in [1.807, 2.05) is 17.3 Å². The van der Waals surface area contributed by atoms with Gasteiger partial charge in [-0.15, -0.1) is 0 Å². The normalized spacial score (nSPS) is 15.1. The molecular formula is C24H20F2NS. The molecule has 2 aromatic rings. The van der Waals surface area contributed by atoms with Crippen LogP contribution in [0.2, 0.25) is 0 Å². The summed E-state index contributed by atoms with van der Waals surface area (Å²) >= 11 is 4.39. The van der Waals surface area contributed by atoms with Gasteiger partial charge in [0.1, 0.15) is 5.69 Å². The maximum Gasteiger partial charge on any atom is 0.153 e. The first-order valence-electron chi connectivity index (χ1n) is 9.27. The molecule has 3 rings (SSSR count). The van der Waals surface area contributed by atoms with Crippen molar-refractivity contribution in [3.63, 3.8) is 0 Å². The van der Waals surface area contributed by atoms with E-state index in [0.29, 0.717) is 5.92 Å². The Bertz CT molecular complexity index is 945. The van der Waals surface area contributed by atoms with Crippen LogP contribution in [0.1, 0.15) is 49.3 Å². The van der Waals surface area contributed by atoms with Gasteiger partial charge in [0.2, 0.25) is 0 Å². The van der Waals surface area contributed by atoms with Crippen molar-refractivity contribution in [2.24, 2.45) is 10.9 Å². The summed E-state index contributed by atoms with van der Waals surface area (Å²) in [5, 5.41) is 1.97. The first-order valence-corrected chi connectivity index (χ1v) is 9.68. The molecule has 1 saturated carbocycles. The predicted octanol–water partition coefficient (Wildman–Crippen LogP) is 6.79. The number of rotatable bonds is 3. The van der Waals surface area contributed by atoms with E-state index in [1.165, 1.54) is 24.3 Å². The van der Waals surface area contributed by atoms with Crippen LogP contribution < -0.4 is 0 Å². The summed E-state index contributed by atoms with van der Waals surface area (Å²) in [5.41, 5.74) is 1.86. The standard InChI is InChI=1S/C24H20F2NS/c1-2-3-17-6-10-20(11-7-17)21-12-8-18(9-13-21)4-5-19-14-22(25)24(27-16-28)23(26)15-19/h2-3,8-9,12-15,17H,6-7,10-11H2,1H3/b3-2+. The van der Waals surface area contributed by atoms with Gasteiger partial charge in [-0.2, -0.15) is 4.99 Å². The number of isothiocyanates is 1. The molecule has 1 aliphatic carbocycles. The van der Waals surface area contributed by atoms with Gasteiger partial charge in [0.15, 0.2) is 11.6 Å². The summed E-state index contributed by atoms with van der Waals surface area (Å²) in [6, 6.07) is 10.3. The fourth-order valence-corrected chi connectivity index (χ4v) is 3.56. The molecule has 4 heteroatoms. The number of allylic oxidation sites excluding steroid dienone is 2. The lowest BCUT2D eigenvalue weighted by Gasteiger charge is -2.26. The Labute approximate surface area is 170 Å². The summed E-state index contributed by atoms with van der Waals surface area (Å²) in [5.74, 6) is 6.32. The lowest BCUT2D eigenvalue weighted by molar-refractivity contribution is 0.455. The number of nitrogens with zero attached hydrogens (tertiary/aromatic N) is 1. The van der Waals surface area contributed by atoms with Gasteiger partial charge in [0.05, 0.1) is 5.16 Å². The van der Waals surface area contributed by atoms with Crippen LogP contribution in [0, 0.1) is 35.3 Å². The number of aliphatic imine (C=N–C) groups is 1. The number of hydrogen-bond donors (Lipinski definition) is 0. The number of halogens is 2. The zero-order valence-corrected chi connectivity index (χ0v) is 16.5. The number of benzene rings is 2. The molecule has 1 aliphatic rings. The second-order valence-corrected chi connectivity index (χ2v) is 6.97. The third-order valence-electron chi connectivity index (χ3n) is 4.92. The molecule has 28 heavy (non-hydrogen) atoms. The van der Waals surface area contributed by atoms with E-state index < -0.39 is 17.3 Å². The Hall–Kier alpha value is -2.60. The monoisotopic (exact) mass is 392 g/mol. The van der Waals surface area contributed by atoms with Crippen molar-refractivity contribution >= 4 is 23.1 Å². The number of thiocarbonyl (C=S) groups is 1. The molecule has 0 aliphatic heterocycles. The van der Waals surface area contributed by atoms with Gasteiger partial charge in [-0.25, -0.2) is 8.78 Å². The minimum absolute atomic E-state index is 0.249. The maximum atomic E-state index is 13.9. The second kappa shape index (κ2) is 9.55. The Morgan fingerprint density at radius 3 is 2.18 bits per heavy atom. The molecule has 0 aromatic heterocycles. The molecule has 0 atom stereocenters. The zero-order chi connectivity index (χ0) is 19.9. The molecular weight excluding hydrogens is 372 g/mol. The fourth-order valence-electron chi connectivity index (χ4n) is 3.47. The molecule has 141 valence electrons. The first-order chi connectivity index (χ1) is 13.6. The average molecular weight is 392 g/mol. The minimum atomic E-state index is -0.804. The van der Waals surface area contributed by atoms with Gasteiger partial charge in [0, 0.05) is 17.0 Å². The van der Waals surface area contributed by atoms with Crippen LogP contribution in [-0.4, -0.2) is 5.16 Å². The molecule has 1 nitrogen and oxygen atoms in total. The molecule has 2 aromatic carbocycles. The summed E-state index contributed by atoms with van der Waals surface area (Å²) in [6.07, 6.45) is 9.07. The van der Waals surface area contributed by atoms with Crippen LogP contribution >= 0.6 is 12.2 Å². The van der Waals surface area contributed by atoms with E-state index in [-0.39, 0.29) is 5.56 Å². The van der Waals surface area contributed by atoms with Gasteiger partial charge < -0.3 is 0 Å². The summed E-state index contributed by atoms with van der Waals surface area (Å²) < 4.78 is 27.7. The molecule has 0 bridgehead atoms.